The first-order valence-electron chi connectivity index (χ1n) is 14.8. The molecule has 0 saturated carbocycles. The van der Waals surface area contributed by atoms with Crippen molar-refractivity contribution in [2.45, 2.75) is 101 Å². The van der Waals surface area contributed by atoms with Gasteiger partial charge in [0.2, 0.25) is 0 Å². The number of ether oxygens (including phenoxy) is 2. The van der Waals surface area contributed by atoms with Gasteiger partial charge in [0, 0.05) is 13.7 Å². The molecule has 0 aliphatic heterocycles. The largest absolute Gasteiger partial charge is 0.512 e. The second kappa shape index (κ2) is 16.6. The van der Waals surface area contributed by atoms with Crippen LogP contribution >= 0.6 is 0 Å². The molecule has 0 heterocycles. The maximum Gasteiger partial charge on any atom is 0.512 e. The number of hydrogen-bond acceptors (Lipinski definition) is 10. The van der Waals surface area contributed by atoms with Gasteiger partial charge in [-0.1, -0.05) is 16.3 Å². The SMILES string of the molecule is COCCOCCC[Si](C)(O[Si](C)(C)O[Si](C)(C)C)O[Si](C)(CCc1ccc(S(=O)(=O)NS(=O)(=O)C(F)(F)F)cc1)O[Si](C)(C)C. The number of alkyl halides is 3. The monoisotopic (exact) mass is 787 g/mol. The summed E-state index contributed by atoms with van der Waals surface area (Å²) in [5.74, 6) is 0. The van der Waals surface area contributed by atoms with Gasteiger partial charge in [-0.25, -0.2) is 16.8 Å². The zero-order chi connectivity index (χ0) is 35.9. The Labute approximate surface area is 279 Å². The fourth-order valence-corrected chi connectivity index (χ4v) is 30.9. The number of hydrogen-bond donors (Lipinski definition) is 1. The fraction of sp³-hybridized carbons (Fsp3) is 0.760. The van der Waals surface area contributed by atoms with Crippen molar-refractivity contribution < 1.29 is 55.9 Å². The van der Waals surface area contributed by atoms with Crippen LogP contribution in [0.4, 0.5) is 13.2 Å². The lowest BCUT2D eigenvalue weighted by Crippen LogP contribution is -2.60. The minimum absolute atomic E-state index is 0.415. The number of sulfonamides is 2. The Hall–Kier alpha value is -0.286. The summed E-state index contributed by atoms with van der Waals surface area (Å²) in [6.07, 6.45) is 1.12. The maximum absolute atomic E-state index is 12.7. The molecule has 270 valence electrons. The molecule has 21 heteroatoms. The van der Waals surface area contributed by atoms with E-state index in [9.17, 15) is 30.0 Å². The molecule has 1 N–H and O–H groups in total. The molecule has 2 atom stereocenters. The lowest BCUT2D eigenvalue weighted by Gasteiger charge is -2.44. The van der Waals surface area contributed by atoms with Crippen LogP contribution in [0.2, 0.25) is 77.6 Å². The molecule has 1 aromatic carbocycles. The number of rotatable bonds is 21. The summed E-state index contributed by atoms with van der Waals surface area (Å²) in [6.45, 7) is 22.1. The molecule has 1 rings (SSSR count). The van der Waals surface area contributed by atoms with E-state index in [1.165, 1.54) is 12.1 Å². The van der Waals surface area contributed by atoms with E-state index in [-0.39, 0.29) is 0 Å². The summed E-state index contributed by atoms with van der Waals surface area (Å²) >= 11 is 0. The van der Waals surface area contributed by atoms with Crippen molar-refractivity contribution in [3.63, 3.8) is 0 Å². The zero-order valence-corrected chi connectivity index (χ0v) is 35.4. The van der Waals surface area contributed by atoms with Crippen molar-refractivity contribution in [2.24, 2.45) is 0 Å². The third-order valence-corrected chi connectivity index (χ3v) is 27.4. The Kier molecular flexibility index (Phi) is 15.8. The molecule has 0 aliphatic carbocycles. The Morgan fingerprint density at radius 2 is 1.22 bits per heavy atom. The molecule has 1 aromatic rings. The Morgan fingerprint density at radius 1 is 0.696 bits per heavy atom. The van der Waals surface area contributed by atoms with E-state index in [1.54, 1.807) is 7.11 Å². The number of nitrogens with one attached hydrogen (secondary N) is 1. The summed E-state index contributed by atoms with van der Waals surface area (Å²) in [5.41, 5.74) is -5.10. The van der Waals surface area contributed by atoms with Crippen molar-refractivity contribution in [3.05, 3.63) is 29.8 Å². The van der Waals surface area contributed by atoms with Crippen LogP contribution in [0.15, 0.2) is 29.2 Å². The number of benzene rings is 1. The maximum atomic E-state index is 12.7. The van der Waals surface area contributed by atoms with Crippen LogP contribution in [0.5, 0.6) is 0 Å². The van der Waals surface area contributed by atoms with Gasteiger partial charge in [-0.2, -0.15) is 13.2 Å². The van der Waals surface area contributed by atoms with Crippen LogP contribution in [-0.2, 0) is 52.4 Å². The van der Waals surface area contributed by atoms with Gasteiger partial charge in [0.25, 0.3) is 10.0 Å². The predicted octanol–water partition coefficient (Wildman–Crippen LogP) is 5.99. The smallest absolute Gasteiger partial charge is 0.437 e. The molecule has 2 unspecified atom stereocenters. The minimum Gasteiger partial charge on any atom is -0.437 e. The molecule has 11 nitrogen and oxygen atoms in total. The normalized spacial score (nSPS) is 16.7. The van der Waals surface area contributed by atoms with E-state index in [4.69, 9.17) is 25.9 Å². The summed E-state index contributed by atoms with van der Waals surface area (Å²) < 4.78 is 124. The third kappa shape index (κ3) is 16.4. The highest BCUT2D eigenvalue weighted by Gasteiger charge is 2.50. The lowest BCUT2D eigenvalue weighted by atomic mass is 10.2. The topological polar surface area (TPSA) is 136 Å². The average molecular weight is 788 g/mol. The molecule has 0 spiro atoms. The van der Waals surface area contributed by atoms with Gasteiger partial charge in [-0.05, 0) is 108 Å². The average Bonchev–Trinajstić information content (AvgIpc) is 2.80. The molecular weight excluding hydrogens is 736 g/mol. The number of aryl methyl sites for hydroxylation is 1. The standard InChI is InChI=1S/C25H52F3NO10S2Si5/c1-34-19-20-35-18-12-21-45(10,38-44(8,9)36-42(2,3)4)39-46(11,37-43(5,6)7)22-17-23-13-15-24(16-14-23)40(30,31)29-41(32,33)25(26,27)28/h13-16,29H,12,17-22H2,1-11H3. The minimum atomic E-state index is -6.10. The molecular formula is C25H52F3NO10S2Si5. The van der Waals surface area contributed by atoms with Crippen LogP contribution in [0.25, 0.3) is 0 Å². The predicted molar refractivity (Wildman–Crippen MR) is 184 cm³/mol. The van der Waals surface area contributed by atoms with Crippen molar-refractivity contribution in [1.29, 1.82) is 0 Å². The van der Waals surface area contributed by atoms with E-state index in [2.05, 4.69) is 39.3 Å². The summed E-state index contributed by atoms with van der Waals surface area (Å²) in [5, 5.41) is 0. The first-order chi connectivity index (χ1) is 20.5. The number of methoxy groups -OCH3 is 1. The highest BCUT2D eigenvalue weighted by molar-refractivity contribution is 8.05. The van der Waals surface area contributed by atoms with Crippen molar-refractivity contribution in [1.82, 2.24) is 4.13 Å². The van der Waals surface area contributed by atoms with Crippen molar-refractivity contribution in [2.75, 3.05) is 26.9 Å². The van der Waals surface area contributed by atoms with E-state index in [0.717, 1.165) is 16.3 Å². The second-order valence-corrected chi connectivity index (χ2v) is 37.4. The Balaban J connectivity index is 3.27. The highest BCUT2D eigenvalue weighted by Crippen LogP contribution is 2.32. The zero-order valence-electron chi connectivity index (χ0n) is 28.8. The molecule has 0 aliphatic rings. The Morgan fingerprint density at radius 3 is 1.70 bits per heavy atom. The van der Waals surface area contributed by atoms with Gasteiger partial charge in [-0.3, -0.25) is 0 Å². The van der Waals surface area contributed by atoms with Crippen LogP contribution in [-0.4, -0.2) is 91.6 Å². The molecule has 0 aromatic heterocycles. The molecule has 0 bridgehead atoms. The van der Waals surface area contributed by atoms with E-state index >= 15 is 0 Å². The van der Waals surface area contributed by atoms with E-state index in [0.29, 0.717) is 50.3 Å². The molecule has 0 saturated heterocycles. The van der Waals surface area contributed by atoms with Crippen LogP contribution in [0.3, 0.4) is 0 Å². The second-order valence-electron chi connectivity index (χ2n) is 13.7. The summed E-state index contributed by atoms with van der Waals surface area (Å²) in [7, 11) is -22.0. The molecule has 0 amide bonds. The highest BCUT2D eigenvalue weighted by atomic mass is 32.3. The van der Waals surface area contributed by atoms with Gasteiger partial charge in [0.15, 0.2) is 16.6 Å². The van der Waals surface area contributed by atoms with Crippen molar-refractivity contribution in [3.8, 4) is 0 Å². The van der Waals surface area contributed by atoms with Gasteiger partial charge >= 0.3 is 41.2 Å². The number of halogens is 3. The Bertz CT molecular complexity index is 1330. The summed E-state index contributed by atoms with van der Waals surface area (Å²) in [6, 6.07) is 6.12. The van der Waals surface area contributed by atoms with Crippen LogP contribution in [0, 0.1) is 0 Å². The van der Waals surface area contributed by atoms with Gasteiger partial charge < -0.3 is 25.9 Å². The first-order valence-corrected chi connectivity index (χ1v) is 32.5. The fourth-order valence-electron chi connectivity index (χ4n) is 4.81. The quantitative estimate of drug-likeness (QED) is 0.117. The van der Waals surface area contributed by atoms with Crippen molar-refractivity contribution >= 4 is 62.4 Å². The molecule has 0 fully saturated rings. The molecule has 46 heavy (non-hydrogen) atoms. The van der Waals surface area contributed by atoms with E-state index < -0.39 is 72.8 Å². The van der Waals surface area contributed by atoms with Crippen LogP contribution < -0.4 is 4.13 Å². The third-order valence-electron chi connectivity index (χ3n) is 5.94. The van der Waals surface area contributed by atoms with Gasteiger partial charge in [0.05, 0.1) is 18.1 Å². The summed E-state index contributed by atoms with van der Waals surface area (Å²) in [4.78, 5) is -0.616. The van der Waals surface area contributed by atoms with Crippen LogP contribution in [0.1, 0.15) is 12.0 Å². The first kappa shape index (κ1) is 43.7. The van der Waals surface area contributed by atoms with E-state index in [1.807, 2.05) is 26.2 Å². The molecule has 0 radical (unpaired) electrons. The lowest BCUT2D eigenvalue weighted by molar-refractivity contribution is -0.0441. The van der Waals surface area contributed by atoms with Gasteiger partial charge in [0.1, 0.15) is 0 Å². The van der Waals surface area contributed by atoms with Gasteiger partial charge in [-0.15, -0.1) is 0 Å².